The van der Waals surface area contributed by atoms with Gasteiger partial charge in [0.1, 0.15) is 5.75 Å². The molecule has 0 N–H and O–H groups in total. The van der Waals surface area contributed by atoms with Gasteiger partial charge in [0.05, 0.1) is 23.8 Å². The molecule has 0 radical (unpaired) electrons. The standard InChI is InChI=1S/C21H23N3O3/c1-3-27-17-10-8-16(9-11-17)14-23(2)20(25)12-13-24-15-22-19-7-5-4-6-18(19)21(24)26/h4-11,15H,3,12-14H2,1-2H3. The molecule has 0 fully saturated rings. The predicted molar refractivity (Wildman–Crippen MR) is 105 cm³/mol. The van der Waals surface area contributed by atoms with Crippen LogP contribution >= 0.6 is 0 Å². The molecule has 6 heteroatoms. The first-order valence-corrected chi connectivity index (χ1v) is 8.98. The van der Waals surface area contributed by atoms with Gasteiger partial charge in [-0.1, -0.05) is 24.3 Å². The van der Waals surface area contributed by atoms with Crippen LogP contribution < -0.4 is 10.3 Å². The van der Waals surface area contributed by atoms with E-state index in [1.54, 1.807) is 24.1 Å². The van der Waals surface area contributed by atoms with Gasteiger partial charge < -0.3 is 9.64 Å². The average Bonchev–Trinajstić information content (AvgIpc) is 2.69. The van der Waals surface area contributed by atoms with Gasteiger partial charge in [0, 0.05) is 26.6 Å². The van der Waals surface area contributed by atoms with E-state index in [9.17, 15) is 9.59 Å². The molecule has 0 spiro atoms. The highest BCUT2D eigenvalue weighted by Crippen LogP contribution is 2.13. The fraction of sp³-hybridized carbons (Fsp3) is 0.286. The third-order valence-electron chi connectivity index (χ3n) is 4.38. The summed E-state index contributed by atoms with van der Waals surface area (Å²) in [4.78, 5) is 30.8. The predicted octanol–water partition coefficient (Wildman–Crippen LogP) is 2.84. The lowest BCUT2D eigenvalue weighted by Gasteiger charge is -2.18. The number of rotatable bonds is 7. The first-order chi connectivity index (χ1) is 13.1. The maximum Gasteiger partial charge on any atom is 0.261 e. The van der Waals surface area contributed by atoms with E-state index in [0.29, 0.717) is 30.6 Å². The summed E-state index contributed by atoms with van der Waals surface area (Å²) in [7, 11) is 1.76. The number of amides is 1. The molecule has 0 saturated heterocycles. The zero-order valence-electron chi connectivity index (χ0n) is 15.6. The largest absolute Gasteiger partial charge is 0.494 e. The molecule has 2 aromatic carbocycles. The third-order valence-corrected chi connectivity index (χ3v) is 4.38. The molecule has 0 aliphatic heterocycles. The van der Waals surface area contributed by atoms with E-state index >= 15 is 0 Å². The minimum absolute atomic E-state index is 0.0241. The number of nitrogens with zero attached hydrogens (tertiary/aromatic N) is 3. The van der Waals surface area contributed by atoms with Crippen LogP contribution in [-0.2, 0) is 17.9 Å². The highest BCUT2D eigenvalue weighted by Gasteiger charge is 2.11. The fourth-order valence-corrected chi connectivity index (χ4v) is 2.89. The number of hydrogen-bond acceptors (Lipinski definition) is 4. The van der Waals surface area contributed by atoms with E-state index in [2.05, 4.69) is 4.98 Å². The Hall–Kier alpha value is -3.15. The molecular weight excluding hydrogens is 342 g/mol. The molecule has 0 bridgehead atoms. The van der Waals surface area contributed by atoms with Crippen molar-refractivity contribution in [3.05, 3.63) is 70.8 Å². The van der Waals surface area contributed by atoms with E-state index in [1.807, 2.05) is 43.3 Å². The molecule has 0 saturated carbocycles. The number of carbonyl (C=O) groups excluding carboxylic acids is 1. The lowest BCUT2D eigenvalue weighted by molar-refractivity contribution is -0.130. The first kappa shape index (κ1) is 18.6. The Balaban J connectivity index is 1.60. The van der Waals surface area contributed by atoms with Gasteiger partial charge >= 0.3 is 0 Å². The summed E-state index contributed by atoms with van der Waals surface area (Å²) in [6, 6.07) is 14.9. The Kier molecular flexibility index (Phi) is 5.86. The summed E-state index contributed by atoms with van der Waals surface area (Å²) in [5.74, 6) is 0.794. The second-order valence-electron chi connectivity index (χ2n) is 6.34. The Bertz CT molecular complexity index is 980. The molecule has 0 aliphatic rings. The minimum Gasteiger partial charge on any atom is -0.494 e. The summed E-state index contributed by atoms with van der Waals surface area (Å²) in [6.07, 6.45) is 1.75. The lowest BCUT2D eigenvalue weighted by Crippen LogP contribution is -2.29. The zero-order valence-corrected chi connectivity index (χ0v) is 15.6. The number of ether oxygens (including phenoxy) is 1. The highest BCUT2D eigenvalue weighted by molar-refractivity contribution is 5.77. The van der Waals surface area contributed by atoms with Crippen LogP contribution in [0.15, 0.2) is 59.7 Å². The van der Waals surface area contributed by atoms with Gasteiger partial charge in [-0.05, 0) is 36.8 Å². The van der Waals surface area contributed by atoms with Crippen molar-refractivity contribution in [1.82, 2.24) is 14.5 Å². The van der Waals surface area contributed by atoms with Crippen LogP contribution in [0.2, 0.25) is 0 Å². The van der Waals surface area contributed by atoms with Crippen LogP contribution in [0.25, 0.3) is 10.9 Å². The van der Waals surface area contributed by atoms with Gasteiger partial charge in [-0.3, -0.25) is 14.2 Å². The van der Waals surface area contributed by atoms with Crippen molar-refractivity contribution in [1.29, 1.82) is 0 Å². The number of carbonyl (C=O) groups is 1. The fourth-order valence-electron chi connectivity index (χ4n) is 2.89. The molecular formula is C21H23N3O3. The molecule has 27 heavy (non-hydrogen) atoms. The van der Waals surface area contributed by atoms with Gasteiger partial charge in [-0.15, -0.1) is 0 Å². The summed E-state index contributed by atoms with van der Waals surface area (Å²) < 4.78 is 6.91. The van der Waals surface area contributed by atoms with E-state index < -0.39 is 0 Å². The third kappa shape index (κ3) is 4.53. The molecule has 0 atom stereocenters. The van der Waals surface area contributed by atoms with Crippen LogP contribution in [0.4, 0.5) is 0 Å². The van der Waals surface area contributed by atoms with Crippen molar-refractivity contribution in [3.8, 4) is 5.75 Å². The van der Waals surface area contributed by atoms with E-state index in [4.69, 9.17) is 4.74 Å². The molecule has 3 aromatic rings. The topological polar surface area (TPSA) is 64.4 Å². The molecule has 140 valence electrons. The monoisotopic (exact) mass is 365 g/mol. The molecule has 0 aliphatic carbocycles. The second kappa shape index (κ2) is 8.49. The lowest BCUT2D eigenvalue weighted by atomic mass is 10.2. The van der Waals surface area contributed by atoms with Crippen LogP contribution in [0, 0.1) is 0 Å². The van der Waals surface area contributed by atoms with Crippen molar-refractivity contribution in [2.75, 3.05) is 13.7 Å². The van der Waals surface area contributed by atoms with Gasteiger partial charge in [0.15, 0.2) is 0 Å². The summed E-state index contributed by atoms with van der Waals surface area (Å²) in [5.41, 5.74) is 1.57. The maximum absolute atomic E-state index is 12.5. The van der Waals surface area contributed by atoms with Gasteiger partial charge in [0.2, 0.25) is 5.91 Å². The number of benzene rings is 2. The zero-order chi connectivity index (χ0) is 19.2. The quantitative estimate of drug-likeness (QED) is 0.646. The Morgan fingerprint density at radius 2 is 1.89 bits per heavy atom. The van der Waals surface area contributed by atoms with Crippen molar-refractivity contribution >= 4 is 16.8 Å². The maximum atomic E-state index is 12.5. The molecule has 1 amide bonds. The van der Waals surface area contributed by atoms with Gasteiger partial charge in [-0.25, -0.2) is 4.98 Å². The first-order valence-electron chi connectivity index (χ1n) is 8.98. The van der Waals surface area contributed by atoms with Gasteiger partial charge in [0.25, 0.3) is 5.56 Å². The van der Waals surface area contributed by atoms with Crippen LogP contribution in [0.5, 0.6) is 5.75 Å². The SMILES string of the molecule is CCOc1ccc(CN(C)C(=O)CCn2cnc3ccccc3c2=O)cc1. The summed E-state index contributed by atoms with van der Waals surface area (Å²) in [6.45, 7) is 3.39. The van der Waals surface area contributed by atoms with Crippen molar-refractivity contribution in [2.24, 2.45) is 0 Å². The number of aromatic nitrogens is 2. The van der Waals surface area contributed by atoms with Crippen molar-refractivity contribution < 1.29 is 9.53 Å². The Morgan fingerprint density at radius 1 is 1.15 bits per heavy atom. The van der Waals surface area contributed by atoms with Crippen molar-refractivity contribution in [2.45, 2.75) is 26.4 Å². The number of fused-ring (bicyclic) bond motifs is 1. The van der Waals surface area contributed by atoms with Crippen molar-refractivity contribution in [3.63, 3.8) is 0 Å². The average molecular weight is 365 g/mol. The van der Waals surface area contributed by atoms with Gasteiger partial charge in [-0.2, -0.15) is 0 Å². The molecule has 0 unspecified atom stereocenters. The summed E-state index contributed by atoms with van der Waals surface area (Å²) in [5, 5.41) is 0.565. The van der Waals surface area contributed by atoms with E-state index in [1.165, 1.54) is 10.9 Å². The number of hydrogen-bond donors (Lipinski definition) is 0. The second-order valence-corrected chi connectivity index (χ2v) is 6.34. The molecule has 1 aromatic heterocycles. The van der Waals surface area contributed by atoms with E-state index in [-0.39, 0.29) is 17.9 Å². The summed E-state index contributed by atoms with van der Waals surface area (Å²) >= 11 is 0. The van der Waals surface area contributed by atoms with Crippen LogP contribution in [0.1, 0.15) is 18.9 Å². The highest BCUT2D eigenvalue weighted by atomic mass is 16.5. The number of aryl methyl sites for hydroxylation is 1. The number of para-hydroxylation sites is 1. The van der Waals surface area contributed by atoms with Crippen LogP contribution in [0.3, 0.4) is 0 Å². The molecule has 3 rings (SSSR count). The molecule has 6 nitrogen and oxygen atoms in total. The van der Waals surface area contributed by atoms with E-state index in [0.717, 1.165) is 11.3 Å². The smallest absolute Gasteiger partial charge is 0.261 e. The Morgan fingerprint density at radius 3 is 2.63 bits per heavy atom. The molecule has 1 heterocycles. The Labute approximate surface area is 158 Å². The van der Waals surface area contributed by atoms with Crippen LogP contribution in [-0.4, -0.2) is 34.0 Å². The minimum atomic E-state index is -0.123. The normalized spacial score (nSPS) is 10.7.